The molecular formula is C15H22N6. The second kappa shape index (κ2) is 5.81. The lowest BCUT2D eigenvalue weighted by atomic mass is 10.1. The van der Waals surface area contributed by atoms with Gasteiger partial charge in [0.05, 0.1) is 11.4 Å². The van der Waals surface area contributed by atoms with Crippen LogP contribution in [0.5, 0.6) is 0 Å². The van der Waals surface area contributed by atoms with Crippen LogP contribution < -0.4 is 10.2 Å². The van der Waals surface area contributed by atoms with Crippen LogP contribution >= 0.6 is 0 Å². The molecule has 2 aromatic heterocycles. The van der Waals surface area contributed by atoms with Gasteiger partial charge in [-0.3, -0.25) is 4.68 Å². The molecular weight excluding hydrogens is 264 g/mol. The average Bonchev–Trinajstić information content (AvgIpc) is 2.82. The molecule has 0 bridgehead atoms. The molecule has 0 aliphatic carbocycles. The van der Waals surface area contributed by atoms with Crippen LogP contribution in [-0.4, -0.2) is 45.9 Å². The number of rotatable bonds is 3. The standard InChI is InChI=1S/C15H22N6/c1-4-21-12(3)14(11(2)19-21)13-5-6-17-15(18-13)20-9-7-16-8-10-20/h5-6,16H,4,7-10H2,1-3H3. The molecule has 0 amide bonds. The van der Waals surface area contributed by atoms with Crippen molar-refractivity contribution in [2.24, 2.45) is 0 Å². The smallest absolute Gasteiger partial charge is 0.225 e. The van der Waals surface area contributed by atoms with Crippen LogP contribution in [0.4, 0.5) is 5.95 Å². The summed E-state index contributed by atoms with van der Waals surface area (Å²) in [4.78, 5) is 11.4. The molecule has 0 radical (unpaired) electrons. The van der Waals surface area contributed by atoms with E-state index in [1.54, 1.807) is 0 Å². The Morgan fingerprint density at radius 2 is 2.00 bits per heavy atom. The van der Waals surface area contributed by atoms with Crippen LogP contribution in [0.15, 0.2) is 12.3 Å². The van der Waals surface area contributed by atoms with E-state index in [2.05, 4.69) is 34.1 Å². The molecule has 3 rings (SSSR count). The first-order chi connectivity index (χ1) is 10.2. The van der Waals surface area contributed by atoms with Gasteiger partial charge in [-0.05, 0) is 26.8 Å². The molecule has 1 saturated heterocycles. The summed E-state index contributed by atoms with van der Waals surface area (Å²) in [6.45, 7) is 11.0. The van der Waals surface area contributed by atoms with E-state index in [9.17, 15) is 0 Å². The van der Waals surface area contributed by atoms with Gasteiger partial charge in [0.1, 0.15) is 0 Å². The Kier molecular flexibility index (Phi) is 3.88. The Hall–Kier alpha value is -1.95. The summed E-state index contributed by atoms with van der Waals surface area (Å²) in [7, 11) is 0. The Morgan fingerprint density at radius 3 is 2.67 bits per heavy atom. The second-order valence-electron chi connectivity index (χ2n) is 5.34. The summed E-state index contributed by atoms with van der Waals surface area (Å²) in [6.07, 6.45) is 1.85. The molecule has 0 aromatic carbocycles. The maximum atomic E-state index is 4.77. The van der Waals surface area contributed by atoms with Crippen LogP contribution in [0, 0.1) is 13.8 Å². The molecule has 1 aliphatic rings. The number of nitrogens with zero attached hydrogens (tertiary/aromatic N) is 5. The Morgan fingerprint density at radius 1 is 1.24 bits per heavy atom. The normalized spacial score (nSPS) is 15.5. The topological polar surface area (TPSA) is 58.9 Å². The minimum Gasteiger partial charge on any atom is -0.338 e. The van der Waals surface area contributed by atoms with E-state index in [0.717, 1.165) is 55.6 Å². The van der Waals surface area contributed by atoms with Crippen molar-refractivity contribution in [2.75, 3.05) is 31.1 Å². The first kappa shape index (κ1) is 14.0. The lowest BCUT2D eigenvalue weighted by Crippen LogP contribution is -2.44. The fourth-order valence-electron chi connectivity index (χ4n) is 2.88. The molecule has 21 heavy (non-hydrogen) atoms. The molecule has 1 N–H and O–H groups in total. The van der Waals surface area contributed by atoms with E-state index < -0.39 is 0 Å². The monoisotopic (exact) mass is 286 g/mol. The Balaban J connectivity index is 1.98. The molecule has 0 unspecified atom stereocenters. The highest BCUT2D eigenvalue weighted by Gasteiger charge is 2.17. The Labute approximate surface area is 125 Å². The number of nitrogens with one attached hydrogen (secondary N) is 1. The van der Waals surface area contributed by atoms with Crippen molar-refractivity contribution in [3.05, 3.63) is 23.7 Å². The number of aromatic nitrogens is 4. The van der Waals surface area contributed by atoms with E-state index in [1.165, 1.54) is 5.69 Å². The van der Waals surface area contributed by atoms with E-state index in [0.29, 0.717) is 0 Å². The maximum Gasteiger partial charge on any atom is 0.225 e. The summed E-state index contributed by atoms with van der Waals surface area (Å²) in [6, 6.07) is 1.97. The molecule has 112 valence electrons. The fraction of sp³-hybridized carbons (Fsp3) is 0.533. The first-order valence-electron chi connectivity index (χ1n) is 7.53. The molecule has 1 aliphatic heterocycles. The third kappa shape index (κ3) is 2.63. The van der Waals surface area contributed by atoms with Gasteiger partial charge in [0.15, 0.2) is 0 Å². The molecule has 2 aromatic rings. The van der Waals surface area contributed by atoms with Crippen LogP contribution in [0.2, 0.25) is 0 Å². The van der Waals surface area contributed by atoms with Crippen molar-refractivity contribution in [1.29, 1.82) is 0 Å². The number of anilines is 1. The van der Waals surface area contributed by atoms with E-state index in [1.807, 2.05) is 23.9 Å². The number of piperazine rings is 1. The number of hydrogen-bond acceptors (Lipinski definition) is 5. The minimum absolute atomic E-state index is 0.817. The van der Waals surface area contributed by atoms with Crippen molar-refractivity contribution in [1.82, 2.24) is 25.1 Å². The largest absolute Gasteiger partial charge is 0.338 e. The van der Waals surface area contributed by atoms with E-state index >= 15 is 0 Å². The van der Waals surface area contributed by atoms with E-state index in [4.69, 9.17) is 4.98 Å². The highest BCUT2D eigenvalue weighted by Crippen LogP contribution is 2.26. The van der Waals surface area contributed by atoms with Crippen LogP contribution in [-0.2, 0) is 6.54 Å². The van der Waals surface area contributed by atoms with Gasteiger partial charge < -0.3 is 10.2 Å². The summed E-state index contributed by atoms with van der Waals surface area (Å²) in [5, 5.41) is 7.93. The average molecular weight is 286 g/mol. The van der Waals surface area contributed by atoms with Gasteiger partial charge in [-0.15, -0.1) is 0 Å². The van der Waals surface area contributed by atoms with Crippen molar-refractivity contribution < 1.29 is 0 Å². The second-order valence-corrected chi connectivity index (χ2v) is 5.34. The molecule has 0 spiro atoms. The van der Waals surface area contributed by atoms with Crippen molar-refractivity contribution in [3.8, 4) is 11.3 Å². The van der Waals surface area contributed by atoms with Crippen molar-refractivity contribution >= 4 is 5.95 Å². The quantitative estimate of drug-likeness (QED) is 0.924. The molecule has 0 saturated carbocycles. The first-order valence-corrected chi connectivity index (χ1v) is 7.53. The molecule has 3 heterocycles. The van der Waals surface area contributed by atoms with Gasteiger partial charge in [-0.1, -0.05) is 0 Å². The van der Waals surface area contributed by atoms with Gasteiger partial charge in [0, 0.05) is 50.2 Å². The number of aryl methyl sites for hydroxylation is 2. The van der Waals surface area contributed by atoms with Crippen LogP contribution in [0.25, 0.3) is 11.3 Å². The third-order valence-corrected chi connectivity index (χ3v) is 3.98. The molecule has 6 nitrogen and oxygen atoms in total. The zero-order valence-corrected chi connectivity index (χ0v) is 12.9. The highest BCUT2D eigenvalue weighted by atomic mass is 15.3. The van der Waals surface area contributed by atoms with Crippen LogP contribution in [0.3, 0.4) is 0 Å². The SMILES string of the molecule is CCn1nc(C)c(-c2ccnc(N3CCNCC3)n2)c1C. The predicted molar refractivity (Wildman–Crippen MR) is 83.5 cm³/mol. The lowest BCUT2D eigenvalue weighted by molar-refractivity contribution is 0.580. The fourth-order valence-corrected chi connectivity index (χ4v) is 2.88. The minimum atomic E-state index is 0.817. The zero-order valence-electron chi connectivity index (χ0n) is 12.9. The third-order valence-electron chi connectivity index (χ3n) is 3.98. The van der Waals surface area contributed by atoms with Gasteiger partial charge >= 0.3 is 0 Å². The Bertz CT molecular complexity index is 627. The van der Waals surface area contributed by atoms with Crippen molar-refractivity contribution in [2.45, 2.75) is 27.3 Å². The van der Waals surface area contributed by atoms with Gasteiger partial charge in [0.25, 0.3) is 0 Å². The molecule has 6 heteroatoms. The number of hydrogen-bond donors (Lipinski definition) is 1. The van der Waals surface area contributed by atoms with E-state index in [-0.39, 0.29) is 0 Å². The van der Waals surface area contributed by atoms with Crippen molar-refractivity contribution in [3.63, 3.8) is 0 Å². The van der Waals surface area contributed by atoms with Gasteiger partial charge in [-0.25, -0.2) is 9.97 Å². The lowest BCUT2D eigenvalue weighted by Gasteiger charge is -2.27. The maximum absolute atomic E-state index is 4.77. The summed E-state index contributed by atoms with van der Waals surface area (Å²) in [5.41, 5.74) is 4.29. The molecule has 1 fully saturated rings. The summed E-state index contributed by atoms with van der Waals surface area (Å²) in [5.74, 6) is 0.817. The highest BCUT2D eigenvalue weighted by molar-refractivity contribution is 5.65. The van der Waals surface area contributed by atoms with Gasteiger partial charge in [0.2, 0.25) is 5.95 Å². The zero-order chi connectivity index (χ0) is 14.8. The van der Waals surface area contributed by atoms with Gasteiger partial charge in [-0.2, -0.15) is 5.10 Å². The summed E-state index contributed by atoms with van der Waals surface area (Å²) < 4.78 is 2.03. The van der Waals surface area contributed by atoms with Crippen LogP contribution in [0.1, 0.15) is 18.3 Å². The predicted octanol–water partition coefficient (Wildman–Crippen LogP) is 1.39. The molecule has 0 atom stereocenters. The summed E-state index contributed by atoms with van der Waals surface area (Å²) >= 11 is 0.